The highest BCUT2D eigenvalue weighted by Gasteiger charge is 2.00. The van der Waals surface area contributed by atoms with Gasteiger partial charge in [0.05, 0.1) is 18.0 Å². The van der Waals surface area contributed by atoms with E-state index in [2.05, 4.69) is 0 Å². The van der Waals surface area contributed by atoms with E-state index in [1.165, 1.54) is 0 Å². The van der Waals surface area contributed by atoms with Gasteiger partial charge in [-0.2, -0.15) is 5.26 Å². The maximum Gasteiger partial charge on any atom is 0.251 e. The van der Waals surface area contributed by atoms with Gasteiger partial charge < -0.3 is 4.57 Å². The summed E-state index contributed by atoms with van der Waals surface area (Å²) in [6.07, 6.45) is 0.355. The lowest BCUT2D eigenvalue weighted by Crippen LogP contribution is -2.18. The number of aromatic nitrogens is 1. The number of rotatable bonds is 2. The van der Waals surface area contributed by atoms with Crippen molar-refractivity contribution in [2.45, 2.75) is 13.0 Å². The molecule has 1 aromatic carbocycles. The molecule has 0 fully saturated rings. The van der Waals surface area contributed by atoms with Gasteiger partial charge in [0.15, 0.2) is 0 Å². The second kappa shape index (κ2) is 3.97. The first kappa shape index (κ1) is 9.47. The lowest BCUT2D eigenvalue weighted by Gasteiger charge is -2.07. The minimum Gasteiger partial charge on any atom is -0.307 e. The number of benzene rings is 1. The molecule has 0 atom stereocenters. The van der Waals surface area contributed by atoms with Crippen molar-refractivity contribution in [2.75, 3.05) is 0 Å². The number of nitriles is 1. The zero-order valence-corrected chi connectivity index (χ0v) is 8.18. The number of pyridine rings is 1. The molecule has 0 bridgehead atoms. The Morgan fingerprint density at radius 1 is 1.20 bits per heavy atom. The van der Waals surface area contributed by atoms with Crippen LogP contribution in [0.5, 0.6) is 0 Å². The van der Waals surface area contributed by atoms with Gasteiger partial charge in [-0.3, -0.25) is 4.79 Å². The highest BCUT2D eigenvalue weighted by atomic mass is 16.1. The van der Waals surface area contributed by atoms with Crippen molar-refractivity contribution in [3.63, 3.8) is 0 Å². The van der Waals surface area contributed by atoms with Crippen molar-refractivity contribution >= 4 is 10.9 Å². The van der Waals surface area contributed by atoms with Gasteiger partial charge in [-0.1, -0.05) is 18.2 Å². The summed E-state index contributed by atoms with van der Waals surface area (Å²) in [5, 5.41) is 9.55. The molecule has 0 aliphatic carbocycles. The summed E-state index contributed by atoms with van der Waals surface area (Å²) in [5.74, 6) is 0. The summed E-state index contributed by atoms with van der Waals surface area (Å²) in [7, 11) is 0. The molecule has 15 heavy (non-hydrogen) atoms. The van der Waals surface area contributed by atoms with Crippen LogP contribution in [0.1, 0.15) is 6.42 Å². The van der Waals surface area contributed by atoms with E-state index in [0.29, 0.717) is 13.0 Å². The van der Waals surface area contributed by atoms with Crippen LogP contribution in [0.25, 0.3) is 10.9 Å². The second-order valence-electron chi connectivity index (χ2n) is 3.29. The quantitative estimate of drug-likeness (QED) is 0.740. The van der Waals surface area contributed by atoms with Gasteiger partial charge in [0, 0.05) is 12.6 Å². The van der Waals surface area contributed by atoms with Crippen LogP contribution in [-0.2, 0) is 6.54 Å². The van der Waals surface area contributed by atoms with Crippen molar-refractivity contribution in [3.8, 4) is 6.07 Å². The monoisotopic (exact) mass is 198 g/mol. The number of aryl methyl sites for hydroxylation is 1. The number of nitrogens with zero attached hydrogens (tertiary/aromatic N) is 2. The number of fused-ring (bicyclic) bond motifs is 1. The second-order valence-corrected chi connectivity index (χ2v) is 3.29. The van der Waals surface area contributed by atoms with Crippen molar-refractivity contribution in [1.29, 1.82) is 5.26 Å². The molecule has 74 valence electrons. The zero-order chi connectivity index (χ0) is 10.7. The van der Waals surface area contributed by atoms with Crippen molar-refractivity contribution in [3.05, 3.63) is 46.8 Å². The van der Waals surface area contributed by atoms with Gasteiger partial charge in [0.2, 0.25) is 0 Å². The molecule has 0 aliphatic heterocycles. The zero-order valence-electron chi connectivity index (χ0n) is 8.18. The molecule has 0 saturated heterocycles. The van der Waals surface area contributed by atoms with Crippen LogP contribution in [0.4, 0.5) is 0 Å². The molecule has 0 N–H and O–H groups in total. The SMILES string of the molecule is N#CCCn1c(=O)ccc2ccccc21. The molecule has 0 radical (unpaired) electrons. The van der Waals surface area contributed by atoms with E-state index in [4.69, 9.17) is 5.26 Å². The largest absolute Gasteiger partial charge is 0.307 e. The van der Waals surface area contributed by atoms with E-state index < -0.39 is 0 Å². The smallest absolute Gasteiger partial charge is 0.251 e. The first-order chi connectivity index (χ1) is 7.33. The van der Waals surface area contributed by atoms with Crippen LogP contribution < -0.4 is 5.56 Å². The summed E-state index contributed by atoms with van der Waals surface area (Å²) in [5.41, 5.74) is 0.837. The van der Waals surface area contributed by atoms with Crippen LogP contribution in [-0.4, -0.2) is 4.57 Å². The van der Waals surface area contributed by atoms with E-state index in [0.717, 1.165) is 10.9 Å². The Balaban J connectivity index is 2.64. The summed E-state index contributed by atoms with van der Waals surface area (Å²) in [6.45, 7) is 0.455. The third-order valence-corrected chi connectivity index (χ3v) is 2.35. The summed E-state index contributed by atoms with van der Waals surface area (Å²) in [6, 6.07) is 13.1. The Hall–Kier alpha value is -2.08. The van der Waals surface area contributed by atoms with Crippen LogP contribution >= 0.6 is 0 Å². The Morgan fingerprint density at radius 3 is 2.80 bits per heavy atom. The molecule has 0 saturated carbocycles. The van der Waals surface area contributed by atoms with Crippen LogP contribution in [0.3, 0.4) is 0 Å². The van der Waals surface area contributed by atoms with Crippen LogP contribution in [0.2, 0.25) is 0 Å². The average Bonchev–Trinajstić information content (AvgIpc) is 2.28. The fraction of sp³-hybridized carbons (Fsp3) is 0.167. The molecule has 2 aromatic rings. The molecular weight excluding hydrogens is 188 g/mol. The summed E-state index contributed by atoms with van der Waals surface area (Å²) in [4.78, 5) is 11.6. The topological polar surface area (TPSA) is 45.8 Å². The van der Waals surface area contributed by atoms with Gasteiger partial charge in [0.1, 0.15) is 0 Å². The van der Waals surface area contributed by atoms with Crippen molar-refractivity contribution in [2.24, 2.45) is 0 Å². The van der Waals surface area contributed by atoms with Crippen LogP contribution in [0, 0.1) is 11.3 Å². The van der Waals surface area contributed by atoms with E-state index >= 15 is 0 Å². The predicted molar refractivity (Wildman–Crippen MR) is 58.4 cm³/mol. The average molecular weight is 198 g/mol. The molecule has 3 heteroatoms. The minimum atomic E-state index is -0.0519. The van der Waals surface area contributed by atoms with Gasteiger partial charge >= 0.3 is 0 Å². The van der Waals surface area contributed by atoms with E-state index in [1.54, 1.807) is 16.7 Å². The molecule has 3 nitrogen and oxygen atoms in total. The molecule has 0 amide bonds. The highest BCUT2D eigenvalue weighted by Crippen LogP contribution is 2.10. The van der Waals surface area contributed by atoms with E-state index in [-0.39, 0.29) is 5.56 Å². The maximum atomic E-state index is 11.6. The maximum absolute atomic E-state index is 11.6. The number of para-hydroxylation sites is 1. The number of hydrogen-bond donors (Lipinski definition) is 0. The van der Waals surface area contributed by atoms with Gasteiger partial charge in [0.25, 0.3) is 5.56 Å². The molecule has 2 rings (SSSR count). The number of hydrogen-bond acceptors (Lipinski definition) is 2. The fourth-order valence-electron chi connectivity index (χ4n) is 1.64. The lowest BCUT2D eigenvalue weighted by molar-refractivity contribution is 0.714. The predicted octanol–water partition coefficient (Wildman–Crippen LogP) is 1.92. The first-order valence-corrected chi connectivity index (χ1v) is 4.78. The Morgan fingerprint density at radius 2 is 2.00 bits per heavy atom. The standard InChI is InChI=1S/C12H10N2O/c13-8-3-9-14-11-5-2-1-4-10(11)6-7-12(14)15/h1-2,4-7H,3,9H2. The van der Waals surface area contributed by atoms with Crippen molar-refractivity contribution in [1.82, 2.24) is 4.57 Å². The van der Waals surface area contributed by atoms with E-state index in [9.17, 15) is 4.79 Å². The van der Waals surface area contributed by atoms with Crippen molar-refractivity contribution < 1.29 is 0 Å². The molecule has 1 heterocycles. The Labute approximate surface area is 87.2 Å². The fourth-order valence-corrected chi connectivity index (χ4v) is 1.64. The first-order valence-electron chi connectivity index (χ1n) is 4.78. The Bertz CT molecular complexity index is 578. The molecular formula is C12H10N2O. The van der Waals surface area contributed by atoms with Gasteiger partial charge in [-0.25, -0.2) is 0 Å². The summed E-state index contributed by atoms with van der Waals surface area (Å²) >= 11 is 0. The normalized spacial score (nSPS) is 10.1. The van der Waals surface area contributed by atoms with Crippen LogP contribution in [0.15, 0.2) is 41.2 Å². The third kappa shape index (κ3) is 1.75. The third-order valence-electron chi connectivity index (χ3n) is 2.35. The molecule has 0 unspecified atom stereocenters. The molecule has 0 spiro atoms. The minimum absolute atomic E-state index is 0.0519. The van der Waals surface area contributed by atoms with E-state index in [1.807, 2.05) is 30.3 Å². The molecule has 1 aromatic heterocycles. The highest BCUT2D eigenvalue weighted by molar-refractivity contribution is 5.78. The van der Waals surface area contributed by atoms with Gasteiger partial charge in [-0.05, 0) is 17.5 Å². The summed E-state index contributed by atoms with van der Waals surface area (Å²) < 4.78 is 1.64. The van der Waals surface area contributed by atoms with Gasteiger partial charge in [-0.15, -0.1) is 0 Å². The lowest BCUT2D eigenvalue weighted by atomic mass is 10.2. The Kier molecular flexibility index (Phi) is 2.51. The molecule has 0 aliphatic rings.